The van der Waals surface area contributed by atoms with E-state index in [4.69, 9.17) is 10.8 Å². The average Bonchev–Trinajstić information content (AvgIpc) is 2.16. The number of benzene rings is 1. The van der Waals surface area contributed by atoms with Gasteiger partial charge in [-0.25, -0.2) is 0 Å². The summed E-state index contributed by atoms with van der Waals surface area (Å²) >= 11 is 0. The first kappa shape index (κ1) is 11.0. The molecule has 0 radical (unpaired) electrons. The Morgan fingerprint density at radius 2 is 1.87 bits per heavy atom. The van der Waals surface area contributed by atoms with Crippen LogP contribution in [0.1, 0.15) is 11.1 Å². The van der Waals surface area contributed by atoms with Crippen molar-refractivity contribution in [2.45, 2.75) is 6.42 Å². The van der Waals surface area contributed by atoms with E-state index in [0.717, 1.165) is 11.1 Å². The van der Waals surface area contributed by atoms with Gasteiger partial charge in [0.05, 0.1) is 6.42 Å². The Bertz CT molecular complexity index is 393. The van der Waals surface area contributed by atoms with Crippen LogP contribution in [0.3, 0.4) is 0 Å². The average molecular weight is 205 g/mol. The minimum Gasteiger partial charge on any atom is -0.481 e. The minimum absolute atomic E-state index is 0.000185. The Hall–Kier alpha value is -2.10. The molecular weight excluding hydrogens is 194 g/mol. The van der Waals surface area contributed by atoms with Gasteiger partial charge < -0.3 is 10.8 Å². The van der Waals surface area contributed by atoms with Gasteiger partial charge in [0, 0.05) is 6.08 Å². The topological polar surface area (TPSA) is 80.4 Å². The van der Waals surface area contributed by atoms with Crippen LogP contribution >= 0.6 is 0 Å². The number of hydrogen-bond donors (Lipinski definition) is 2. The number of carbonyl (C=O) groups excluding carboxylic acids is 1. The molecule has 0 spiro atoms. The summed E-state index contributed by atoms with van der Waals surface area (Å²) in [6.45, 7) is 0. The first-order chi connectivity index (χ1) is 7.08. The number of carboxylic acid groups (broad SMARTS) is 1. The molecule has 3 N–H and O–H groups in total. The molecule has 1 aromatic carbocycles. The largest absolute Gasteiger partial charge is 0.481 e. The highest BCUT2D eigenvalue weighted by Gasteiger charge is 1.98. The van der Waals surface area contributed by atoms with Gasteiger partial charge in [0.25, 0.3) is 0 Å². The smallest absolute Gasteiger partial charge is 0.307 e. The monoisotopic (exact) mass is 205 g/mol. The van der Waals surface area contributed by atoms with Crippen molar-refractivity contribution in [2.24, 2.45) is 5.73 Å². The van der Waals surface area contributed by atoms with Crippen LogP contribution in [0.25, 0.3) is 6.08 Å². The Labute approximate surface area is 87.0 Å². The van der Waals surface area contributed by atoms with Gasteiger partial charge in [0.1, 0.15) is 0 Å². The SMILES string of the molecule is NC(=O)C=Cc1ccc(CC(=O)O)cc1. The van der Waals surface area contributed by atoms with Gasteiger partial charge in [-0.15, -0.1) is 0 Å². The van der Waals surface area contributed by atoms with Crippen LogP contribution < -0.4 is 5.73 Å². The van der Waals surface area contributed by atoms with E-state index in [1.807, 2.05) is 0 Å². The molecule has 0 saturated heterocycles. The molecule has 0 aliphatic carbocycles. The van der Waals surface area contributed by atoms with Gasteiger partial charge in [-0.1, -0.05) is 24.3 Å². The highest BCUT2D eigenvalue weighted by molar-refractivity contribution is 5.90. The molecular formula is C11H11NO3. The second kappa shape index (κ2) is 4.95. The van der Waals surface area contributed by atoms with E-state index in [-0.39, 0.29) is 6.42 Å². The molecule has 0 saturated carbocycles. The van der Waals surface area contributed by atoms with E-state index in [0.29, 0.717) is 0 Å². The summed E-state index contributed by atoms with van der Waals surface area (Å²) in [6.07, 6.45) is 2.83. The molecule has 0 heterocycles. The molecule has 4 heteroatoms. The second-order valence-electron chi connectivity index (χ2n) is 3.05. The zero-order valence-corrected chi connectivity index (χ0v) is 8.01. The lowest BCUT2D eigenvalue weighted by molar-refractivity contribution is -0.136. The predicted octanol–water partition coefficient (Wildman–Crippen LogP) is 0.812. The Morgan fingerprint density at radius 1 is 1.27 bits per heavy atom. The lowest BCUT2D eigenvalue weighted by Gasteiger charge is -1.97. The summed E-state index contributed by atoms with van der Waals surface area (Å²) in [6, 6.07) is 6.87. The number of nitrogens with two attached hydrogens (primary N) is 1. The first-order valence-corrected chi connectivity index (χ1v) is 4.36. The maximum absolute atomic E-state index is 10.4. The van der Waals surface area contributed by atoms with Crippen LogP contribution in [-0.4, -0.2) is 17.0 Å². The van der Waals surface area contributed by atoms with Gasteiger partial charge in [-0.05, 0) is 17.2 Å². The number of aliphatic carboxylic acids is 1. The highest BCUT2D eigenvalue weighted by Crippen LogP contribution is 2.06. The van der Waals surface area contributed by atoms with E-state index in [1.165, 1.54) is 6.08 Å². The number of carboxylic acids is 1. The minimum atomic E-state index is -0.865. The molecule has 1 rings (SSSR count). The molecule has 1 amide bonds. The zero-order valence-electron chi connectivity index (χ0n) is 8.01. The molecule has 0 aromatic heterocycles. The van der Waals surface area contributed by atoms with E-state index in [9.17, 15) is 9.59 Å². The maximum Gasteiger partial charge on any atom is 0.307 e. The summed E-state index contributed by atoms with van der Waals surface area (Å²) in [5.41, 5.74) is 6.46. The number of rotatable bonds is 4. The van der Waals surface area contributed by atoms with Crippen molar-refractivity contribution in [3.05, 3.63) is 41.5 Å². The van der Waals surface area contributed by atoms with Crippen molar-refractivity contribution in [2.75, 3.05) is 0 Å². The first-order valence-electron chi connectivity index (χ1n) is 4.36. The molecule has 0 bridgehead atoms. The third-order valence-electron chi connectivity index (χ3n) is 1.78. The van der Waals surface area contributed by atoms with Crippen molar-refractivity contribution in [3.8, 4) is 0 Å². The fourth-order valence-corrected chi connectivity index (χ4v) is 1.10. The molecule has 0 fully saturated rings. The molecule has 0 unspecified atom stereocenters. The van der Waals surface area contributed by atoms with Crippen LogP contribution in [-0.2, 0) is 16.0 Å². The molecule has 0 atom stereocenters. The van der Waals surface area contributed by atoms with Crippen molar-refractivity contribution < 1.29 is 14.7 Å². The van der Waals surface area contributed by atoms with Crippen LogP contribution in [0.15, 0.2) is 30.3 Å². The van der Waals surface area contributed by atoms with E-state index < -0.39 is 11.9 Å². The number of amides is 1. The third kappa shape index (κ3) is 4.08. The Kier molecular flexibility index (Phi) is 3.62. The van der Waals surface area contributed by atoms with Crippen LogP contribution in [0.4, 0.5) is 0 Å². The molecule has 0 aliphatic rings. The summed E-state index contributed by atoms with van der Waals surface area (Å²) < 4.78 is 0. The van der Waals surface area contributed by atoms with Gasteiger partial charge in [0.2, 0.25) is 5.91 Å². The van der Waals surface area contributed by atoms with Gasteiger partial charge in [-0.2, -0.15) is 0 Å². The quantitative estimate of drug-likeness (QED) is 0.714. The molecule has 1 aromatic rings. The van der Waals surface area contributed by atoms with Gasteiger partial charge in [0.15, 0.2) is 0 Å². The Morgan fingerprint density at radius 3 is 2.33 bits per heavy atom. The van der Waals surface area contributed by atoms with Gasteiger partial charge >= 0.3 is 5.97 Å². The number of hydrogen-bond acceptors (Lipinski definition) is 2. The highest BCUT2D eigenvalue weighted by atomic mass is 16.4. The van der Waals surface area contributed by atoms with Crippen LogP contribution in [0.5, 0.6) is 0 Å². The number of primary amides is 1. The standard InChI is InChI=1S/C11H11NO3/c12-10(13)6-5-8-1-3-9(4-2-8)7-11(14)15/h1-6H,7H2,(H2,12,13)(H,14,15). The third-order valence-corrected chi connectivity index (χ3v) is 1.78. The van der Waals surface area contributed by atoms with Crippen molar-refractivity contribution in [1.29, 1.82) is 0 Å². The summed E-state index contributed by atoms with van der Waals surface area (Å²) in [5, 5.41) is 8.54. The summed E-state index contributed by atoms with van der Waals surface area (Å²) in [5.74, 6) is -1.37. The normalized spacial score (nSPS) is 10.4. The zero-order chi connectivity index (χ0) is 11.3. The lowest BCUT2D eigenvalue weighted by atomic mass is 10.1. The van der Waals surface area contributed by atoms with Gasteiger partial charge in [-0.3, -0.25) is 9.59 Å². The van der Waals surface area contributed by atoms with Crippen molar-refractivity contribution in [1.82, 2.24) is 0 Å². The summed E-state index contributed by atoms with van der Waals surface area (Å²) in [7, 11) is 0. The fourth-order valence-electron chi connectivity index (χ4n) is 1.10. The van der Waals surface area contributed by atoms with Crippen LogP contribution in [0.2, 0.25) is 0 Å². The number of carbonyl (C=O) groups is 2. The molecule has 15 heavy (non-hydrogen) atoms. The molecule has 78 valence electrons. The van der Waals surface area contributed by atoms with Crippen molar-refractivity contribution >= 4 is 18.0 Å². The van der Waals surface area contributed by atoms with E-state index in [2.05, 4.69) is 0 Å². The maximum atomic E-state index is 10.4. The van der Waals surface area contributed by atoms with Crippen molar-refractivity contribution in [3.63, 3.8) is 0 Å². The Balaban J connectivity index is 2.72. The van der Waals surface area contributed by atoms with E-state index >= 15 is 0 Å². The fraction of sp³-hybridized carbons (Fsp3) is 0.0909. The lowest BCUT2D eigenvalue weighted by Crippen LogP contribution is -2.05. The van der Waals surface area contributed by atoms with E-state index in [1.54, 1.807) is 30.3 Å². The summed E-state index contributed by atoms with van der Waals surface area (Å²) in [4.78, 5) is 20.8. The van der Waals surface area contributed by atoms with Crippen LogP contribution in [0, 0.1) is 0 Å². The second-order valence-corrected chi connectivity index (χ2v) is 3.05. The molecule has 4 nitrogen and oxygen atoms in total. The predicted molar refractivity (Wildman–Crippen MR) is 56.0 cm³/mol. The molecule has 0 aliphatic heterocycles.